The zero-order valence-corrected chi connectivity index (χ0v) is 40.3. The number of hydrogen-bond acceptors (Lipinski definition) is 27. The maximum Gasteiger partial charge on any atom is 0.274 e. The highest BCUT2D eigenvalue weighted by molar-refractivity contribution is 8.13. The van der Waals surface area contributed by atoms with Gasteiger partial charge in [0.15, 0.2) is 29.1 Å². The lowest BCUT2D eigenvalue weighted by atomic mass is 9.87. The molecule has 0 bridgehead atoms. The number of hydrogen-bond donors (Lipinski definition) is 7. The number of nitrogen functional groups attached to an aromatic ring is 1. The van der Waals surface area contributed by atoms with Gasteiger partial charge in [-0.3, -0.25) is 32.9 Å². The highest BCUT2D eigenvalue weighted by Crippen LogP contribution is 2.56. The Morgan fingerprint density at radius 1 is 0.971 bits per heavy atom. The van der Waals surface area contributed by atoms with Gasteiger partial charge in [0.25, 0.3) is 15.6 Å². The number of unbranched alkanes of at least 4 members (excludes halogenated alkanes) is 2. The fourth-order valence-corrected chi connectivity index (χ4v) is 9.90. The van der Waals surface area contributed by atoms with Crippen LogP contribution in [0.15, 0.2) is 12.7 Å². The molecule has 29 nitrogen and oxygen atoms in total. The van der Waals surface area contributed by atoms with E-state index in [1.807, 2.05) is 0 Å². The maximum absolute atomic E-state index is 12.6. The summed E-state index contributed by atoms with van der Waals surface area (Å²) >= 11 is 0.854. The molecular weight excluding hydrogens is 995 g/mol. The third kappa shape index (κ3) is 18.0. The number of aliphatic hydroxyl groups excluding tert-OH is 4. The largest absolute Gasteiger partial charge is 0.790 e. The number of carbonyl (C=O) groups excluding carboxylic acids is 4. The lowest BCUT2D eigenvalue weighted by molar-refractivity contribution is -0.347. The number of phosphoric ester groups is 3. The minimum absolute atomic E-state index is 0.0297. The molecule has 0 saturated carbocycles. The number of anilines is 1. The summed E-state index contributed by atoms with van der Waals surface area (Å²) in [7, 11) is -17.7. The molecule has 386 valence electrons. The number of aromatic nitrogens is 4. The molecule has 2 amide bonds. The average molecular weight is 1050 g/mol. The Morgan fingerprint density at radius 2 is 1.68 bits per heavy atom. The summed E-state index contributed by atoms with van der Waals surface area (Å²) in [6.45, 7) is 1.74. The Morgan fingerprint density at radius 3 is 2.38 bits per heavy atom. The number of carbonyl (C=O) groups is 4. The van der Waals surface area contributed by atoms with Gasteiger partial charge in [-0.2, -0.15) is 0 Å². The van der Waals surface area contributed by atoms with Gasteiger partial charge in [-0.1, -0.05) is 32.0 Å². The van der Waals surface area contributed by atoms with E-state index in [1.165, 1.54) is 13.8 Å². The topological polar surface area (TPSA) is 451 Å². The third-order valence-corrected chi connectivity index (χ3v) is 14.0. The first-order valence-electron chi connectivity index (χ1n) is 20.8. The fraction of sp³-hybridized carbons (Fsp3) is 0.743. The lowest BCUT2D eigenvalue weighted by Crippen LogP contribution is -2.47. The predicted molar refractivity (Wildman–Crippen MR) is 223 cm³/mol. The van der Waals surface area contributed by atoms with E-state index in [2.05, 4.69) is 43.5 Å². The summed E-state index contributed by atoms with van der Waals surface area (Å²) < 4.78 is 71.6. The van der Waals surface area contributed by atoms with Crippen molar-refractivity contribution in [2.45, 2.75) is 121 Å². The Kier molecular flexibility index (Phi) is 21.6. The number of ether oxygens (including phenoxy) is 3. The van der Waals surface area contributed by atoms with Gasteiger partial charge in [0.1, 0.15) is 48.1 Å². The van der Waals surface area contributed by atoms with Crippen molar-refractivity contribution in [3.8, 4) is 0 Å². The van der Waals surface area contributed by atoms with Crippen LogP contribution in [0.25, 0.3) is 11.2 Å². The van der Waals surface area contributed by atoms with E-state index >= 15 is 0 Å². The molecule has 2 fully saturated rings. The molecular formula is C35H54N7O22P3S-4. The standard InChI is InChI=1S/C35H58N7O22P3S/c1-19-21(44)14-22(45)34(61-19)58-11-6-4-5-7-20(43)13-25(47)68-12-10-37-24(46)8-9-38-32(50)29(49)35(2,3)16-60-67(56,57)64-66(54,55)59-15-23-28(63-65(51,52)53)27(48)33(62-23)42-18-41-26-30(36)39-17-40-31(26)42/h17-19,21-23,27-29,33-34,44-45,48-49H,4-16H2,1-3H3,(H,37,46)(H,38,50)(H,54,55)(H,56,57)(H2,36,39,40)(H2,51,52,53)/p-4/t19-,21+,22+,23+,27+,28+,29-,33+,34+/m0/s1. The van der Waals surface area contributed by atoms with Gasteiger partial charge in [-0.05, 0) is 19.8 Å². The summed E-state index contributed by atoms with van der Waals surface area (Å²) in [5.74, 6) is -1.79. The fourth-order valence-electron chi connectivity index (χ4n) is 6.47. The highest BCUT2D eigenvalue weighted by atomic mass is 32.2. The first-order chi connectivity index (χ1) is 31.7. The molecule has 68 heavy (non-hydrogen) atoms. The molecule has 11 atom stereocenters. The number of nitrogens with one attached hydrogen (secondary N) is 2. The smallest absolute Gasteiger partial charge is 0.274 e. The summed E-state index contributed by atoms with van der Waals surface area (Å²) in [5.41, 5.74) is 4.00. The van der Waals surface area contributed by atoms with E-state index in [0.717, 1.165) is 29.0 Å². The van der Waals surface area contributed by atoms with Crippen LogP contribution in [-0.2, 0) is 65.0 Å². The number of amides is 2. The second-order valence-corrected chi connectivity index (χ2v) is 21.4. The van der Waals surface area contributed by atoms with Crippen LogP contribution in [-0.4, -0.2) is 150 Å². The predicted octanol–water partition coefficient (Wildman–Crippen LogP) is -3.47. The van der Waals surface area contributed by atoms with Gasteiger partial charge < -0.3 is 88.7 Å². The quantitative estimate of drug-likeness (QED) is 0.0247. The molecule has 0 aliphatic carbocycles. The van der Waals surface area contributed by atoms with Gasteiger partial charge in [-0.25, -0.2) is 19.3 Å². The second-order valence-electron chi connectivity index (χ2n) is 16.2. The van der Waals surface area contributed by atoms with Crippen molar-refractivity contribution >= 4 is 74.9 Å². The van der Waals surface area contributed by atoms with Crippen LogP contribution in [0, 0.1) is 5.41 Å². The van der Waals surface area contributed by atoms with E-state index in [1.54, 1.807) is 6.92 Å². The van der Waals surface area contributed by atoms with Crippen LogP contribution in [0.3, 0.4) is 0 Å². The van der Waals surface area contributed by atoms with Crippen LogP contribution in [0.2, 0.25) is 0 Å². The zero-order valence-electron chi connectivity index (χ0n) is 36.8. The first-order valence-corrected chi connectivity index (χ1v) is 26.2. The summed E-state index contributed by atoms with van der Waals surface area (Å²) in [4.78, 5) is 109. The van der Waals surface area contributed by atoms with E-state index in [4.69, 9.17) is 19.9 Å². The summed E-state index contributed by atoms with van der Waals surface area (Å²) in [6.07, 6.45) is -9.02. The Labute approximate surface area is 392 Å². The number of thioether (sulfide) groups is 1. The molecule has 2 aromatic heterocycles. The molecule has 2 aliphatic heterocycles. The van der Waals surface area contributed by atoms with Crippen molar-refractivity contribution in [1.29, 1.82) is 0 Å². The van der Waals surface area contributed by atoms with Crippen molar-refractivity contribution in [3.05, 3.63) is 12.7 Å². The number of nitrogens with two attached hydrogens (primary N) is 1. The molecule has 2 aromatic rings. The molecule has 4 heterocycles. The molecule has 0 aromatic carbocycles. The Bertz CT molecular complexity index is 2190. The Balaban J connectivity index is 1.10. The number of fused-ring (bicyclic) bond motifs is 1. The number of Topliss-reactive ketones (excluding diaryl/α,β-unsaturated/α-hetero) is 1. The number of phosphoric acid groups is 3. The monoisotopic (exact) mass is 1050 g/mol. The lowest BCUT2D eigenvalue weighted by Gasteiger charge is -2.36. The van der Waals surface area contributed by atoms with Crippen molar-refractivity contribution < 1.29 is 105 Å². The average Bonchev–Trinajstić information content (AvgIpc) is 3.80. The molecule has 2 aliphatic rings. The number of rotatable bonds is 28. The maximum atomic E-state index is 12.6. The molecule has 2 saturated heterocycles. The van der Waals surface area contributed by atoms with Gasteiger partial charge >= 0.3 is 0 Å². The Hall–Kier alpha value is -2.93. The van der Waals surface area contributed by atoms with Gasteiger partial charge in [0.2, 0.25) is 11.8 Å². The zero-order chi connectivity index (χ0) is 50.6. The summed E-state index contributed by atoms with van der Waals surface area (Å²) in [6, 6.07) is 0. The third-order valence-electron chi connectivity index (χ3n) is 10.2. The molecule has 2 unspecified atom stereocenters. The van der Waals surface area contributed by atoms with Crippen molar-refractivity contribution in [1.82, 2.24) is 30.2 Å². The first kappa shape index (κ1) is 57.6. The van der Waals surface area contributed by atoms with Crippen LogP contribution < -0.4 is 35.9 Å². The van der Waals surface area contributed by atoms with Crippen molar-refractivity contribution in [2.75, 3.05) is 44.4 Å². The van der Waals surface area contributed by atoms with Gasteiger partial charge in [0, 0.05) is 50.1 Å². The number of nitrogens with zero attached hydrogens (tertiary/aromatic N) is 4. The number of aliphatic hydroxyl groups is 4. The summed E-state index contributed by atoms with van der Waals surface area (Å²) in [5, 5.41) is 45.5. The van der Waals surface area contributed by atoms with Crippen molar-refractivity contribution in [2.24, 2.45) is 5.41 Å². The molecule has 0 spiro atoms. The second kappa shape index (κ2) is 25.5. The minimum atomic E-state index is -5.95. The van der Waals surface area contributed by atoms with Crippen LogP contribution in [0.5, 0.6) is 0 Å². The number of imidazole rings is 1. The van der Waals surface area contributed by atoms with Crippen LogP contribution in [0.1, 0.15) is 71.9 Å². The number of ketones is 1. The minimum Gasteiger partial charge on any atom is -0.790 e. The SMILES string of the molecule is C[C@@H]1O[C@@H](OCCCCCC(=O)CC(=O)SCCNC(=O)CCNC(=O)[C@H](O)C(C)(C)COP(=O)([O-])OP(=O)([O-])OC[C@H]2O[C@@H](n3cnc4c(N)ncnc43)[C@H](O)[C@@H]2OP(=O)([O-])[O-])[C@H](O)C[C@H]1O. The van der Waals surface area contributed by atoms with Crippen LogP contribution >= 0.6 is 35.2 Å². The van der Waals surface area contributed by atoms with Gasteiger partial charge in [0.05, 0.1) is 46.0 Å². The molecule has 8 N–H and O–H groups in total. The molecule has 4 rings (SSSR count). The van der Waals surface area contributed by atoms with Gasteiger partial charge in [-0.15, -0.1) is 0 Å². The van der Waals surface area contributed by atoms with Crippen LogP contribution in [0.4, 0.5) is 5.82 Å². The highest BCUT2D eigenvalue weighted by Gasteiger charge is 2.47. The van der Waals surface area contributed by atoms with Crippen molar-refractivity contribution in [3.63, 3.8) is 0 Å². The van der Waals surface area contributed by atoms with E-state index < -0.39 is 109 Å². The molecule has 0 radical (unpaired) electrons. The molecule has 33 heteroatoms. The van der Waals surface area contributed by atoms with E-state index in [9.17, 15) is 72.9 Å². The van der Waals surface area contributed by atoms with E-state index in [-0.39, 0.29) is 79.0 Å². The van der Waals surface area contributed by atoms with E-state index in [0.29, 0.717) is 19.3 Å². The normalized spacial score (nSPS) is 25.6.